The van der Waals surface area contributed by atoms with E-state index in [4.69, 9.17) is 9.47 Å². The summed E-state index contributed by atoms with van der Waals surface area (Å²) in [6.45, 7) is 10.2. The predicted octanol–water partition coefficient (Wildman–Crippen LogP) is 5.56. The van der Waals surface area contributed by atoms with Crippen LogP contribution in [0, 0.1) is 6.92 Å². The lowest BCUT2D eigenvalue weighted by Crippen LogP contribution is -2.29. The third kappa shape index (κ3) is 4.93. The highest BCUT2D eigenvalue weighted by Crippen LogP contribution is 2.44. The quantitative estimate of drug-likeness (QED) is 0.191. The Morgan fingerprint density at radius 3 is 2.42 bits per heavy atom. The Labute approximate surface area is 225 Å². The predicted molar refractivity (Wildman–Crippen MR) is 146 cm³/mol. The number of aryl methyl sites for hydroxylation is 1. The lowest BCUT2D eigenvalue weighted by molar-refractivity contribution is -0.132. The maximum absolute atomic E-state index is 13.5. The molecule has 1 amide bonds. The molecule has 4 rings (SSSR count). The molecular formula is C29H30N2O6S. The number of aliphatic hydroxyl groups excluding tert-OH is 1. The van der Waals surface area contributed by atoms with Gasteiger partial charge in [-0.1, -0.05) is 68.5 Å². The number of hydrogen-bond donors (Lipinski definition) is 1. The van der Waals surface area contributed by atoms with Crippen LogP contribution in [-0.2, 0) is 19.7 Å². The third-order valence-electron chi connectivity index (χ3n) is 6.32. The van der Waals surface area contributed by atoms with Gasteiger partial charge in [0.25, 0.3) is 5.78 Å². The van der Waals surface area contributed by atoms with Crippen LogP contribution in [-0.4, -0.2) is 41.5 Å². The third-order valence-corrected chi connectivity index (χ3v) is 7.45. The van der Waals surface area contributed by atoms with Gasteiger partial charge in [0.2, 0.25) is 0 Å². The molecule has 0 bridgehead atoms. The Kier molecular flexibility index (Phi) is 7.42. The number of ether oxygens (including phenoxy) is 2. The summed E-state index contributed by atoms with van der Waals surface area (Å²) in [5.74, 6) is -2.07. The zero-order chi connectivity index (χ0) is 27.8. The Balaban J connectivity index is 1.92. The zero-order valence-corrected chi connectivity index (χ0v) is 23.0. The summed E-state index contributed by atoms with van der Waals surface area (Å²) in [7, 11) is 1.26. The van der Waals surface area contributed by atoms with E-state index < -0.39 is 23.7 Å². The van der Waals surface area contributed by atoms with Gasteiger partial charge in [-0.15, -0.1) is 0 Å². The second kappa shape index (κ2) is 10.4. The Hall–Kier alpha value is -3.98. The number of benzene rings is 2. The number of aromatic nitrogens is 1. The van der Waals surface area contributed by atoms with E-state index in [1.54, 1.807) is 31.2 Å². The average molecular weight is 535 g/mol. The second-order valence-corrected chi connectivity index (χ2v) is 10.9. The first-order chi connectivity index (χ1) is 18.0. The van der Waals surface area contributed by atoms with Gasteiger partial charge in [-0.2, -0.15) is 0 Å². The average Bonchev–Trinajstić information content (AvgIpc) is 3.39. The van der Waals surface area contributed by atoms with Crippen LogP contribution < -0.4 is 9.64 Å². The van der Waals surface area contributed by atoms with Gasteiger partial charge in [-0.25, -0.2) is 9.78 Å². The molecular weight excluding hydrogens is 504 g/mol. The summed E-state index contributed by atoms with van der Waals surface area (Å²) in [6, 6.07) is 13.3. The van der Waals surface area contributed by atoms with Crippen molar-refractivity contribution >= 4 is 39.9 Å². The number of amides is 1. The van der Waals surface area contributed by atoms with Crippen LogP contribution in [0.15, 0.2) is 54.1 Å². The lowest BCUT2D eigenvalue weighted by atomic mass is 9.85. The summed E-state index contributed by atoms with van der Waals surface area (Å²) in [5.41, 5.74) is 2.23. The molecule has 198 valence electrons. The van der Waals surface area contributed by atoms with Crippen molar-refractivity contribution < 1.29 is 29.0 Å². The van der Waals surface area contributed by atoms with Gasteiger partial charge in [-0.3, -0.25) is 14.5 Å². The van der Waals surface area contributed by atoms with Crippen molar-refractivity contribution in [3.63, 3.8) is 0 Å². The smallest absolute Gasteiger partial charge is 0.350 e. The molecule has 0 saturated carbocycles. The van der Waals surface area contributed by atoms with Gasteiger partial charge in [0, 0.05) is 5.56 Å². The van der Waals surface area contributed by atoms with E-state index in [1.165, 1.54) is 12.0 Å². The van der Waals surface area contributed by atoms with Crippen LogP contribution in [0.5, 0.6) is 5.75 Å². The zero-order valence-electron chi connectivity index (χ0n) is 22.2. The van der Waals surface area contributed by atoms with Gasteiger partial charge in [0.1, 0.15) is 16.4 Å². The Morgan fingerprint density at radius 1 is 1.13 bits per heavy atom. The molecule has 1 aliphatic rings. The summed E-state index contributed by atoms with van der Waals surface area (Å²) < 4.78 is 10.4. The summed E-state index contributed by atoms with van der Waals surface area (Å²) in [6.07, 6.45) is 0. The number of carbonyl (C=O) groups is 3. The number of esters is 1. The van der Waals surface area contributed by atoms with Gasteiger partial charge in [-0.05, 0) is 42.5 Å². The largest absolute Gasteiger partial charge is 0.507 e. The molecule has 0 spiro atoms. The topological polar surface area (TPSA) is 106 Å². The first kappa shape index (κ1) is 27.1. The van der Waals surface area contributed by atoms with Gasteiger partial charge in [0.05, 0.1) is 31.0 Å². The lowest BCUT2D eigenvalue weighted by Gasteiger charge is -2.25. The monoisotopic (exact) mass is 534 g/mol. The second-order valence-electron chi connectivity index (χ2n) is 9.90. The van der Waals surface area contributed by atoms with Gasteiger partial charge < -0.3 is 14.6 Å². The summed E-state index contributed by atoms with van der Waals surface area (Å²) >= 11 is 0.963. The number of hydrogen-bond acceptors (Lipinski definition) is 8. The Bertz CT molecular complexity index is 1430. The number of rotatable bonds is 6. The molecule has 0 radical (unpaired) electrons. The molecule has 1 unspecified atom stereocenters. The highest BCUT2D eigenvalue weighted by Gasteiger charge is 2.48. The molecule has 1 aromatic heterocycles. The number of Topliss-reactive ketones (excluding diaryl/α,β-unsaturated/α-hetero) is 1. The SMILES string of the molecule is CCOc1cccc(C(O)=C2C(=O)C(=O)N(c3nc(C)c(C(=O)OC)s3)C2c2ccc(C(C)(C)C)cc2)c1. The van der Waals surface area contributed by atoms with E-state index >= 15 is 0 Å². The fourth-order valence-electron chi connectivity index (χ4n) is 4.33. The van der Waals surface area contributed by atoms with E-state index in [0.717, 1.165) is 16.9 Å². The van der Waals surface area contributed by atoms with E-state index in [1.807, 2.05) is 31.2 Å². The fourth-order valence-corrected chi connectivity index (χ4v) is 5.35. The molecule has 2 aromatic carbocycles. The minimum absolute atomic E-state index is 0.0698. The first-order valence-corrected chi connectivity index (χ1v) is 13.0. The number of aliphatic hydroxyl groups is 1. The molecule has 9 heteroatoms. The molecule has 1 atom stereocenters. The number of anilines is 1. The molecule has 8 nitrogen and oxygen atoms in total. The minimum Gasteiger partial charge on any atom is -0.507 e. The van der Waals surface area contributed by atoms with E-state index in [9.17, 15) is 19.5 Å². The van der Waals surface area contributed by atoms with Crippen molar-refractivity contribution in [1.29, 1.82) is 0 Å². The van der Waals surface area contributed by atoms with Crippen LogP contribution in [0.4, 0.5) is 5.13 Å². The Morgan fingerprint density at radius 2 is 1.82 bits per heavy atom. The normalized spacial score (nSPS) is 17.1. The standard InChI is InChI=1S/C29H30N2O6S/c1-7-37-20-10-8-9-18(15-20)23(32)21-22(17-11-13-19(14-12-17)29(3,4)5)31(26(34)24(21)33)28-30-16(2)25(38-28)27(35)36-6/h8-15,22,32H,7H2,1-6H3. The van der Waals surface area contributed by atoms with Gasteiger partial charge >= 0.3 is 11.9 Å². The molecule has 3 aromatic rings. The summed E-state index contributed by atoms with van der Waals surface area (Å²) in [4.78, 5) is 45.1. The van der Waals surface area contributed by atoms with E-state index in [2.05, 4.69) is 25.8 Å². The molecule has 0 aliphatic carbocycles. The first-order valence-electron chi connectivity index (χ1n) is 12.2. The minimum atomic E-state index is -0.962. The maximum Gasteiger partial charge on any atom is 0.350 e. The summed E-state index contributed by atoms with van der Waals surface area (Å²) in [5, 5.41) is 11.6. The number of thiazole rings is 1. The maximum atomic E-state index is 13.5. The fraction of sp³-hybridized carbons (Fsp3) is 0.310. The van der Waals surface area contributed by atoms with Crippen molar-refractivity contribution in [3.05, 3.63) is 81.4 Å². The molecule has 1 N–H and O–H groups in total. The molecule has 1 fully saturated rings. The van der Waals surface area contributed by atoms with Crippen LogP contribution >= 0.6 is 11.3 Å². The van der Waals surface area contributed by atoms with Crippen molar-refractivity contribution in [2.24, 2.45) is 0 Å². The van der Waals surface area contributed by atoms with E-state index in [-0.39, 0.29) is 26.8 Å². The van der Waals surface area contributed by atoms with Crippen LogP contribution in [0.1, 0.15) is 65.8 Å². The van der Waals surface area contributed by atoms with Crippen LogP contribution in [0.25, 0.3) is 5.76 Å². The number of carbonyl (C=O) groups excluding carboxylic acids is 3. The molecule has 2 heterocycles. The number of nitrogens with zero attached hydrogens (tertiary/aromatic N) is 2. The highest BCUT2D eigenvalue weighted by molar-refractivity contribution is 7.17. The van der Waals surface area contributed by atoms with Crippen LogP contribution in [0.2, 0.25) is 0 Å². The van der Waals surface area contributed by atoms with Crippen LogP contribution in [0.3, 0.4) is 0 Å². The van der Waals surface area contributed by atoms with Crippen molar-refractivity contribution in [1.82, 2.24) is 4.98 Å². The highest BCUT2D eigenvalue weighted by atomic mass is 32.1. The number of methoxy groups -OCH3 is 1. The number of ketones is 1. The van der Waals surface area contributed by atoms with Crippen molar-refractivity contribution in [2.45, 2.75) is 46.1 Å². The molecule has 1 saturated heterocycles. The van der Waals surface area contributed by atoms with Crippen molar-refractivity contribution in [2.75, 3.05) is 18.6 Å². The van der Waals surface area contributed by atoms with E-state index in [0.29, 0.717) is 29.2 Å². The van der Waals surface area contributed by atoms with Gasteiger partial charge in [0.15, 0.2) is 5.13 Å². The molecule has 1 aliphatic heterocycles. The molecule has 38 heavy (non-hydrogen) atoms. The van der Waals surface area contributed by atoms with Crippen molar-refractivity contribution in [3.8, 4) is 5.75 Å².